The summed E-state index contributed by atoms with van der Waals surface area (Å²) in [6.07, 6.45) is 0.779. The average Bonchev–Trinajstić information content (AvgIpc) is 2.30. The lowest BCUT2D eigenvalue weighted by molar-refractivity contribution is 0.0921. The van der Waals surface area contributed by atoms with Crippen molar-refractivity contribution < 1.29 is 9.53 Å². The van der Waals surface area contributed by atoms with Crippen LogP contribution in [0.2, 0.25) is 0 Å². The molecule has 3 nitrogen and oxygen atoms in total. The van der Waals surface area contributed by atoms with Gasteiger partial charge < -0.3 is 10.5 Å². The number of methoxy groups -OCH3 is 1. The van der Waals surface area contributed by atoms with E-state index in [-0.39, 0.29) is 11.7 Å². The summed E-state index contributed by atoms with van der Waals surface area (Å²) in [5, 5.41) is 0. The van der Waals surface area contributed by atoms with Crippen LogP contribution in [0.5, 0.6) is 5.75 Å². The summed E-state index contributed by atoms with van der Waals surface area (Å²) in [5.41, 5.74) is 6.23. The van der Waals surface area contributed by atoms with Gasteiger partial charge in [0.1, 0.15) is 5.75 Å². The van der Waals surface area contributed by atoms with E-state index < -0.39 is 0 Å². The van der Waals surface area contributed by atoms with Crippen LogP contribution in [0.1, 0.15) is 23.7 Å². The first-order valence-corrected chi connectivity index (χ1v) is 5.11. The Bertz CT molecular complexity index is 315. The van der Waals surface area contributed by atoms with Gasteiger partial charge in [0.2, 0.25) is 0 Å². The molecule has 0 heterocycles. The number of hydrogen-bond donors (Lipinski definition) is 1. The lowest BCUT2D eigenvalue weighted by atomic mass is 9.95. The van der Waals surface area contributed by atoms with E-state index in [0.717, 1.165) is 12.2 Å². The van der Waals surface area contributed by atoms with Crippen LogP contribution < -0.4 is 10.5 Å². The lowest BCUT2D eigenvalue weighted by Crippen LogP contribution is -2.22. The number of nitrogens with two attached hydrogens (primary N) is 1. The molecule has 0 aliphatic rings. The van der Waals surface area contributed by atoms with Crippen molar-refractivity contribution in [2.24, 2.45) is 11.7 Å². The van der Waals surface area contributed by atoms with Gasteiger partial charge in [-0.05, 0) is 30.7 Å². The minimum Gasteiger partial charge on any atom is -0.497 e. The predicted molar refractivity (Wildman–Crippen MR) is 60.2 cm³/mol. The Morgan fingerprint density at radius 3 is 2.40 bits per heavy atom. The second-order valence-electron chi connectivity index (χ2n) is 3.43. The van der Waals surface area contributed by atoms with Crippen molar-refractivity contribution in [3.8, 4) is 5.75 Å². The molecule has 1 aromatic carbocycles. The number of rotatable bonds is 5. The van der Waals surface area contributed by atoms with Crippen LogP contribution in [0.15, 0.2) is 24.3 Å². The number of hydrogen-bond acceptors (Lipinski definition) is 3. The predicted octanol–water partition coefficient (Wildman–Crippen LogP) is 1.86. The van der Waals surface area contributed by atoms with Gasteiger partial charge in [-0.15, -0.1) is 0 Å². The second kappa shape index (κ2) is 5.51. The largest absolute Gasteiger partial charge is 0.497 e. The van der Waals surface area contributed by atoms with Gasteiger partial charge in [0.15, 0.2) is 5.78 Å². The quantitative estimate of drug-likeness (QED) is 0.750. The van der Waals surface area contributed by atoms with Gasteiger partial charge in [-0.2, -0.15) is 0 Å². The summed E-state index contributed by atoms with van der Waals surface area (Å²) < 4.78 is 5.03. The molecule has 0 bridgehead atoms. The van der Waals surface area contributed by atoms with Crippen LogP contribution >= 0.6 is 0 Å². The minimum absolute atomic E-state index is 0.0709. The van der Waals surface area contributed by atoms with Gasteiger partial charge in [-0.3, -0.25) is 4.79 Å². The summed E-state index contributed by atoms with van der Waals surface area (Å²) >= 11 is 0. The Morgan fingerprint density at radius 1 is 1.40 bits per heavy atom. The zero-order chi connectivity index (χ0) is 11.3. The highest BCUT2D eigenvalue weighted by atomic mass is 16.5. The molecule has 0 aliphatic heterocycles. The molecule has 0 aromatic heterocycles. The van der Waals surface area contributed by atoms with Crippen LogP contribution in [0.4, 0.5) is 0 Å². The zero-order valence-corrected chi connectivity index (χ0v) is 9.19. The number of ketones is 1. The normalized spacial score (nSPS) is 12.2. The molecule has 1 rings (SSSR count). The molecule has 0 saturated carbocycles. The molecule has 0 saturated heterocycles. The summed E-state index contributed by atoms with van der Waals surface area (Å²) in [6.45, 7) is 2.38. The maximum Gasteiger partial charge on any atom is 0.167 e. The maximum absolute atomic E-state index is 11.9. The second-order valence-corrected chi connectivity index (χ2v) is 3.43. The molecule has 0 fully saturated rings. The number of benzene rings is 1. The molecule has 0 spiro atoms. The van der Waals surface area contributed by atoms with Crippen molar-refractivity contribution in [1.29, 1.82) is 0 Å². The van der Waals surface area contributed by atoms with Crippen LogP contribution in [-0.4, -0.2) is 19.4 Å². The molecule has 0 amide bonds. The smallest absolute Gasteiger partial charge is 0.167 e. The van der Waals surface area contributed by atoms with Gasteiger partial charge >= 0.3 is 0 Å². The van der Waals surface area contributed by atoms with Gasteiger partial charge in [0, 0.05) is 18.0 Å². The van der Waals surface area contributed by atoms with E-state index in [1.807, 2.05) is 6.92 Å². The van der Waals surface area contributed by atoms with Gasteiger partial charge in [-0.1, -0.05) is 6.92 Å². The van der Waals surface area contributed by atoms with E-state index >= 15 is 0 Å². The monoisotopic (exact) mass is 207 g/mol. The lowest BCUT2D eigenvalue weighted by Gasteiger charge is -2.10. The van der Waals surface area contributed by atoms with Crippen molar-refractivity contribution in [2.75, 3.05) is 13.7 Å². The molecule has 1 unspecified atom stereocenters. The fourth-order valence-corrected chi connectivity index (χ4v) is 1.45. The highest BCUT2D eigenvalue weighted by Crippen LogP contribution is 2.15. The Balaban J connectivity index is 2.82. The summed E-state index contributed by atoms with van der Waals surface area (Å²) in [6, 6.07) is 7.13. The molecule has 0 aliphatic carbocycles. The minimum atomic E-state index is -0.0709. The third-order valence-electron chi connectivity index (χ3n) is 2.52. The van der Waals surface area contributed by atoms with Gasteiger partial charge in [0.25, 0.3) is 0 Å². The molecular formula is C12H17NO2. The first kappa shape index (κ1) is 11.7. The number of ether oxygens (including phenoxy) is 1. The van der Waals surface area contributed by atoms with Crippen molar-refractivity contribution in [1.82, 2.24) is 0 Å². The highest BCUT2D eigenvalue weighted by molar-refractivity contribution is 5.98. The number of Topliss-reactive ketones (excluding diaryl/α,β-unsaturated/α-hetero) is 1. The Hall–Kier alpha value is -1.35. The van der Waals surface area contributed by atoms with E-state index in [1.165, 1.54) is 0 Å². The molecule has 2 N–H and O–H groups in total. The van der Waals surface area contributed by atoms with E-state index in [1.54, 1.807) is 31.4 Å². The van der Waals surface area contributed by atoms with Crippen LogP contribution in [0.3, 0.4) is 0 Å². The maximum atomic E-state index is 11.9. The number of carbonyl (C=O) groups excluding carboxylic acids is 1. The Kier molecular flexibility index (Phi) is 4.31. The third kappa shape index (κ3) is 2.80. The standard InChI is InChI=1S/C12H17NO2/c1-3-9(8-13)12(14)10-4-6-11(15-2)7-5-10/h4-7,9H,3,8,13H2,1-2H3. The summed E-state index contributed by atoms with van der Waals surface area (Å²) in [7, 11) is 1.60. The van der Waals surface area contributed by atoms with Crippen LogP contribution in [0, 0.1) is 5.92 Å². The first-order chi connectivity index (χ1) is 7.22. The molecule has 1 atom stereocenters. The molecule has 0 radical (unpaired) electrons. The van der Waals surface area contributed by atoms with E-state index in [4.69, 9.17) is 10.5 Å². The van der Waals surface area contributed by atoms with E-state index in [0.29, 0.717) is 12.1 Å². The van der Waals surface area contributed by atoms with Gasteiger partial charge in [-0.25, -0.2) is 0 Å². The molecular weight excluding hydrogens is 190 g/mol. The molecule has 1 aromatic rings. The number of carbonyl (C=O) groups is 1. The highest BCUT2D eigenvalue weighted by Gasteiger charge is 2.16. The first-order valence-electron chi connectivity index (χ1n) is 5.11. The SMILES string of the molecule is CCC(CN)C(=O)c1ccc(OC)cc1. The summed E-state index contributed by atoms with van der Waals surface area (Å²) in [4.78, 5) is 11.9. The zero-order valence-electron chi connectivity index (χ0n) is 9.19. The van der Waals surface area contributed by atoms with E-state index in [2.05, 4.69) is 0 Å². The molecule has 82 valence electrons. The fraction of sp³-hybridized carbons (Fsp3) is 0.417. The third-order valence-corrected chi connectivity index (χ3v) is 2.52. The summed E-state index contributed by atoms with van der Waals surface area (Å²) in [5.74, 6) is 0.799. The van der Waals surface area contributed by atoms with Crippen molar-refractivity contribution in [3.05, 3.63) is 29.8 Å². The Labute approximate surface area is 90.2 Å². The van der Waals surface area contributed by atoms with Crippen LogP contribution in [-0.2, 0) is 0 Å². The van der Waals surface area contributed by atoms with Crippen LogP contribution in [0.25, 0.3) is 0 Å². The topological polar surface area (TPSA) is 52.3 Å². The molecule has 15 heavy (non-hydrogen) atoms. The van der Waals surface area contributed by atoms with Crippen molar-refractivity contribution in [2.45, 2.75) is 13.3 Å². The van der Waals surface area contributed by atoms with Crippen molar-refractivity contribution >= 4 is 5.78 Å². The average molecular weight is 207 g/mol. The fourth-order valence-electron chi connectivity index (χ4n) is 1.45. The Morgan fingerprint density at radius 2 is 2.00 bits per heavy atom. The van der Waals surface area contributed by atoms with Gasteiger partial charge in [0.05, 0.1) is 7.11 Å². The van der Waals surface area contributed by atoms with Crippen molar-refractivity contribution in [3.63, 3.8) is 0 Å². The van der Waals surface area contributed by atoms with E-state index in [9.17, 15) is 4.79 Å². The molecule has 3 heteroatoms.